The van der Waals surface area contributed by atoms with Gasteiger partial charge in [0.05, 0.1) is 6.10 Å². The fourth-order valence-electron chi connectivity index (χ4n) is 1.66. The molecule has 3 rings (SSSR count). The number of nitrogens with zero attached hydrogens (tertiary/aromatic N) is 3. The molecule has 1 aliphatic heterocycles. The van der Waals surface area contributed by atoms with Gasteiger partial charge in [0, 0.05) is 30.2 Å². The van der Waals surface area contributed by atoms with Crippen molar-refractivity contribution in [3.05, 3.63) is 30.3 Å². The normalized spacial score (nSPS) is 16.2. The minimum Gasteiger partial charge on any atom is -0.389 e. The summed E-state index contributed by atoms with van der Waals surface area (Å²) in [7, 11) is 0. The van der Waals surface area contributed by atoms with Gasteiger partial charge in [0.1, 0.15) is 0 Å². The summed E-state index contributed by atoms with van der Waals surface area (Å²) >= 11 is 1.38. The molecule has 0 aliphatic carbocycles. The van der Waals surface area contributed by atoms with Gasteiger partial charge in [-0.2, -0.15) is 9.36 Å². The van der Waals surface area contributed by atoms with Crippen LogP contribution in [0.3, 0.4) is 0 Å². The second-order valence-corrected chi connectivity index (χ2v) is 4.56. The molecule has 2 heterocycles. The molecule has 1 N–H and O–H groups in total. The van der Waals surface area contributed by atoms with Gasteiger partial charge >= 0.3 is 0 Å². The molecule has 82 valence electrons. The summed E-state index contributed by atoms with van der Waals surface area (Å²) in [4.78, 5) is 6.50. The van der Waals surface area contributed by atoms with Crippen molar-refractivity contribution in [2.75, 3.05) is 18.0 Å². The quantitative estimate of drug-likeness (QED) is 0.851. The number of hydrogen-bond acceptors (Lipinski definition) is 5. The van der Waals surface area contributed by atoms with Crippen molar-refractivity contribution in [2.24, 2.45) is 0 Å². The first-order valence-electron chi connectivity index (χ1n) is 5.15. The first kappa shape index (κ1) is 9.74. The predicted octanol–water partition coefficient (Wildman–Crippen LogP) is 1.39. The third-order valence-corrected chi connectivity index (χ3v) is 3.36. The van der Waals surface area contributed by atoms with Crippen LogP contribution in [0.4, 0.5) is 5.13 Å². The van der Waals surface area contributed by atoms with Crippen molar-refractivity contribution < 1.29 is 5.11 Å². The highest BCUT2D eigenvalue weighted by molar-refractivity contribution is 7.09. The topological polar surface area (TPSA) is 49.2 Å². The van der Waals surface area contributed by atoms with E-state index in [2.05, 4.69) is 9.36 Å². The lowest BCUT2D eigenvalue weighted by Crippen LogP contribution is -2.50. The minimum atomic E-state index is -0.205. The lowest BCUT2D eigenvalue weighted by Gasteiger charge is -2.35. The highest BCUT2D eigenvalue weighted by Gasteiger charge is 2.27. The Balaban J connectivity index is 1.83. The van der Waals surface area contributed by atoms with Gasteiger partial charge in [-0.3, -0.25) is 0 Å². The summed E-state index contributed by atoms with van der Waals surface area (Å²) in [5, 5.41) is 10.1. The summed E-state index contributed by atoms with van der Waals surface area (Å²) in [5.41, 5.74) is 1.03. The largest absolute Gasteiger partial charge is 0.389 e. The van der Waals surface area contributed by atoms with Crippen LogP contribution in [0, 0.1) is 0 Å². The predicted molar refractivity (Wildman–Crippen MR) is 63.6 cm³/mol. The van der Waals surface area contributed by atoms with Crippen molar-refractivity contribution in [1.29, 1.82) is 0 Å². The van der Waals surface area contributed by atoms with Crippen LogP contribution in [0.25, 0.3) is 11.4 Å². The van der Waals surface area contributed by atoms with Crippen molar-refractivity contribution >= 4 is 16.7 Å². The fraction of sp³-hybridized carbons (Fsp3) is 0.273. The molecule has 4 nitrogen and oxygen atoms in total. The SMILES string of the molecule is OC1CN(c2nc(-c3ccccc3)ns2)C1. The second kappa shape index (κ2) is 3.84. The molecule has 0 amide bonds. The van der Waals surface area contributed by atoms with E-state index in [1.54, 1.807) is 0 Å². The van der Waals surface area contributed by atoms with Gasteiger partial charge in [-0.15, -0.1) is 0 Å². The first-order chi connectivity index (χ1) is 7.83. The molecule has 0 radical (unpaired) electrons. The molecule has 2 aromatic rings. The molecule has 1 aliphatic rings. The van der Waals surface area contributed by atoms with E-state index in [4.69, 9.17) is 0 Å². The Morgan fingerprint density at radius 3 is 2.69 bits per heavy atom. The van der Waals surface area contributed by atoms with Crippen LogP contribution in [-0.4, -0.2) is 33.7 Å². The second-order valence-electron chi connectivity index (χ2n) is 3.83. The van der Waals surface area contributed by atoms with E-state index < -0.39 is 0 Å². The lowest BCUT2D eigenvalue weighted by atomic mass is 10.2. The number of aromatic nitrogens is 2. The number of anilines is 1. The maximum atomic E-state index is 9.22. The van der Waals surface area contributed by atoms with E-state index in [1.807, 2.05) is 35.2 Å². The van der Waals surface area contributed by atoms with Crippen LogP contribution in [0.2, 0.25) is 0 Å². The number of aliphatic hydroxyl groups excluding tert-OH is 1. The number of hydrogen-bond donors (Lipinski definition) is 1. The third kappa shape index (κ3) is 1.68. The van der Waals surface area contributed by atoms with Crippen LogP contribution in [0.15, 0.2) is 30.3 Å². The summed E-state index contributed by atoms with van der Waals surface area (Å²) in [5.74, 6) is 0.766. The number of rotatable bonds is 2. The average molecular weight is 233 g/mol. The monoisotopic (exact) mass is 233 g/mol. The van der Waals surface area contributed by atoms with Gasteiger partial charge in [-0.05, 0) is 0 Å². The maximum absolute atomic E-state index is 9.22. The van der Waals surface area contributed by atoms with Crippen molar-refractivity contribution in [2.45, 2.75) is 6.10 Å². The van der Waals surface area contributed by atoms with E-state index in [0.29, 0.717) is 13.1 Å². The number of aliphatic hydroxyl groups is 1. The molecule has 1 fully saturated rings. The van der Waals surface area contributed by atoms with Crippen molar-refractivity contribution in [1.82, 2.24) is 9.36 Å². The minimum absolute atomic E-state index is 0.205. The molecule has 0 atom stereocenters. The van der Waals surface area contributed by atoms with Gasteiger partial charge in [0.15, 0.2) is 5.82 Å². The molecule has 0 spiro atoms. The van der Waals surface area contributed by atoms with Crippen LogP contribution >= 0.6 is 11.5 Å². The van der Waals surface area contributed by atoms with Crippen LogP contribution in [0.5, 0.6) is 0 Å². The molecule has 16 heavy (non-hydrogen) atoms. The van der Waals surface area contributed by atoms with Crippen LogP contribution in [-0.2, 0) is 0 Å². The van der Waals surface area contributed by atoms with Gasteiger partial charge < -0.3 is 10.0 Å². The Hall–Kier alpha value is -1.46. The molecule has 0 saturated carbocycles. The zero-order valence-electron chi connectivity index (χ0n) is 8.58. The number of benzene rings is 1. The molecule has 1 aromatic heterocycles. The summed E-state index contributed by atoms with van der Waals surface area (Å²) < 4.78 is 4.32. The van der Waals surface area contributed by atoms with Crippen molar-refractivity contribution in [3.8, 4) is 11.4 Å². The molecule has 5 heteroatoms. The molecule has 0 unspecified atom stereocenters. The Morgan fingerprint density at radius 2 is 2.00 bits per heavy atom. The molecular weight excluding hydrogens is 222 g/mol. The van der Waals surface area contributed by atoms with E-state index in [1.165, 1.54) is 11.5 Å². The summed E-state index contributed by atoms with van der Waals surface area (Å²) in [6, 6.07) is 9.92. The summed E-state index contributed by atoms with van der Waals surface area (Å²) in [6.07, 6.45) is -0.205. The standard InChI is InChI=1S/C11H11N3OS/c15-9-6-14(7-9)11-12-10(13-16-11)8-4-2-1-3-5-8/h1-5,9,15H,6-7H2. The smallest absolute Gasteiger partial charge is 0.205 e. The van der Waals surface area contributed by atoms with E-state index in [-0.39, 0.29) is 6.10 Å². The zero-order valence-corrected chi connectivity index (χ0v) is 9.39. The van der Waals surface area contributed by atoms with E-state index >= 15 is 0 Å². The Morgan fingerprint density at radius 1 is 1.25 bits per heavy atom. The molecule has 0 bridgehead atoms. The Kier molecular flexibility index (Phi) is 2.34. The average Bonchev–Trinajstić information content (AvgIpc) is 2.75. The Labute approximate surface area is 97.4 Å². The van der Waals surface area contributed by atoms with Gasteiger partial charge in [-0.25, -0.2) is 0 Å². The fourth-order valence-corrected chi connectivity index (χ4v) is 2.37. The first-order valence-corrected chi connectivity index (χ1v) is 5.92. The van der Waals surface area contributed by atoms with Crippen LogP contribution < -0.4 is 4.90 Å². The van der Waals surface area contributed by atoms with Gasteiger partial charge in [-0.1, -0.05) is 30.3 Å². The van der Waals surface area contributed by atoms with Crippen molar-refractivity contribution in [3.63, 3.8) is 0 Å². The maximum Gasteiger partial charge on any atom is 0.205 e. The van der Waals surface area contributed by atoms with Gasteiger partial charge in [0.2, 0.25) is 5.13 Å². The Bertz CT molecular complexity index is 479. The van der Waals surface area contributed by atoms with Gasteiger partial charge in [0.25, 0.3) is 0 Å². The van der Waals surface area contributed by atoms with Crippen LogP contribution in [0.1, 0.15) is 0 Å². The third-order valence-electron chi connectivity index (χ3n) is 2.58. The summed E-state index contributed by atoms with van der Waals surface area (Å²) in [6.45, 7) is 1.34. The molecular formula is C11H11N3OS. The lowest BCUT2D eigenvalue weighted by molar-refractivity contribution is 0.142. The van der Waals surface area contributed by atoms with E-state index in [9.17, 15) is 5.11 Å². The highest BCUT2D eigenvalue weighted by Crippen LogP contribution is 2.26. The zero-order chi connectivity index (χ0) is 11.0. The molecule has 1 aromatic carbocycles. The number of β-amino-alcohol motifs (C(OH)–C–C–N with tert-alkyl or cyclic N) is 1. The molecule has 1 saturated heterocycles. The van der Waals surface area contributed by atoms with E-state index in [0.717, 1.165) is 16.5 Å². The highest BCUT2D eigenvalue weighted by atomic mass is 32.1.